The molecule has 0 radical (unpaired) electrons. The largest absolute Gasteiger partial charge is 0.310 e. The normalized spacial score (nSPS) is 24.9. The monoisotopic (exact) mass is 312 g/mol. The average Bonchev–Trinajstić information content (AvgIpc) is 3.19. The van der Waals surface area contributed by atoms with E-state index in [0.717, 1.165) is 31.2 Å². The first-order chi connectivity index (χ1) is 10.1. The van der Waals surface area contributed by atoms with E-state index in [9.17, 15) is 8.42 Å². The van der Waals surface area contributed by atoms with Gasteiger partial charge in [-0.3, -0.25) is 5.10 Å². The predicted octanol–water partition coefficient (Wildman–Crippen LogP) is 1.61. The number of H-pyrrole nitrogens is 1. The summed E-state index contributed by atoms with van der Waals surface area (Å²) >= 11 is 0. The smallest absolute Gasteiger partial charge is 0.260 e. The van der Waals surface area contributed by atoms with Gasteiger partial charge < -0.3 is 5.32 Å². The quantitative estimate of drug-likeness (QED) is 0.866. The summed E-state index contributed by atoms with van der Waals surface area (Å²) in [5.41, 5.74) is 0.748. The Morgan fingerprint density at radius 2 is 2.14 bits per heavy atom. The number of hydrogen-bond donors (Lipinski definition) is 2. The topological polar surface area (TPSA) is 78.1 Å². The van der Waals surface area contributed by atoms with Crippen LogP contribution in [0.15, 0.2) is 11.2 Å². The molecule has 2 heterocycles. The molecule has 1 aromatic heterocycles. The molecule has 1 aliphatic heterocycles. The molecule has 2 N–H and O–H groups in total. The summed E-state index contributed by atoms with van der Waals surface area (Å²) in [4.78, 5) is 0. The second kappa shape index (κ2) is 6.06. The summed E-state index contributed by atoms with van der Waals surface area (Å²) < 4.78 is 27.5. The number of aromatic nitrogens is 2. The third-order valence-electron chi connectivity index (χ3n) is 4.40. The van der Waals surface area contributed by atoms with Crippen LogP contribution in [0.4, 0.5) is 0 Å². The van der Waals surface area contributed by atoms with E-state index in [-0.39, 0.29) is 11.1 Å². The highest BCUT2D eigenvalue weighted by atomic mass is 32.2. The fourth-order valence-electron chi connectivity index (χ4n) is 2.91. The molecule has 0 aromatic carbocycles. The molecule has 1 aromatic rings. The number of hydrogen-bond acceptors (Lipinski definition) is 4. The molecule has 2 fully saturated rings. The minimum Gasteiger partial charge on any atom is -0.310 e. The molecule has 0 spiro atoms. The van der Waals surface area contributed by atoms with Crippen molar-refractivity contribution in [3.63, 3.8) is 0 Å². The third-order valence-corrected chi connectivity index (χ3v) is 6.42. The fraction of sp³-hybridized carbons (Fsp3) is 0.786. The van der Waals surface area contributed by atoms with Gasteiger partial charge in [0.05, 0.1) is 6.20 Å². The zero-order valence-electron chi connectivity index (χ0n) is 12.5. The lowest BCUT2D eigenvalue weighted by atomic mass is 10.1. The Kier molecular flexibility index (Phi) is 4.33. The highest BCUT2D eigenvalue weighted by molar-refractivity contribution is 7.89. The Morgan fingerprint density at radius 3 is 2.90 bits per heavy atom. The lowest BCUT2D eigenvalue weighted by molar-refractivity contribution is 0.340. The van der Waals surface area contributed by atoms with E-state index in [2.05, 4.69) is 15.5 Å². The van der Waals surface area contributed by atoms with Gasteiger partial charge in [0, 0.05) is 30.7 Å². The number of nitrogens with one attached hydrogen (secondary N) is 2. The molecule has 1 unspecified atom stereocenters. The van der Waals surface area contributed by atoms with Crippen LogP contribution < -0.4 is 5.32 Å². The molecule has 7 heteroatoms. The lowest BCUT2D eigenvalue weighted by Crippen LogP contribution is -2.39. The van der Waals surface area contributed by atoms with Crippen molar-refractivity contribution in [1.29, 1.82) is 0 Å². The molecule has 118 valence electrons. The van der Waals surface area contributed by atoms with Crippen molar-refractivity contribution in [2.45, 2.75) is 69.1 Å². The van der Waals surface area contributed by atoms with Crippen molar-refractivity contribution >= 4 is 10.0 Å². The van der Waals surface area contributed by atoms with Crippen molar-refractivity contribution in [2.24, 2.45) is 0 Å². The molecule has 6 nitrogen and oxygen atoms in total. The van der Waals surface area contributed by atoms with E-state index in [1.807, 2.05) is 6.92 Å². The van der Waals surface area contributed by atoms with E-state index in [0.29, 0.717) is 19.1 Å². The number of aromatic amines is 1. The summed E-state index contributed by atoms with van der Waals surface area (Å²) in [6, 6.07) is 0.609. The van der Waals surface area contributed by atoms with Crippen LogP contribution in [0.25, 0.3) is 0 Å². The van der Waals surface area contributed by atoms with Crippen LogP contribution in [-0.4, -0.2) is 41.5 Å². The minimum absolute atomic E-state index is 0.0602. The Balaban J connectivity index is 1.81. The van der Waals surface area contributed by atoms with Crippen LogP contribution in [0.5, 0.6) is 0 Å². The summed E-state index contributed by atoms with van der Waals surface area (Å²) in [7, 11) is -3.47. The maximum absolute atomic E-state index is 12.9. The van der Waals surface area contributed by atoms with Gasteiger partial charge in [0.15, 0.2) is 5.03 Å². The Hall–Kier alpha value is -0.920. The first-order valence-corrected chi connectivity index (χ1v) is 9.30. The fourth-order valence-corrected chi connectivity index (χ4v) is 4.72. The molecule has 0 bridgehead atoms. The van der Waals surface area contributed by atoms with Crippen molar-refractivity contribution in [3.8, 4) is 0 Å². The number of sulfonamides is 1. The standard InChI is InChI=1S/C14H24N4O2S/c1-11-5-3-2-4-8-18(11)21(19,20)14-12(10-16-17-14)9-15-13-6-7-13/h10-11,13,15H,2-9H2,1H3,(H,16,17). The van der Waals surface area contributed by atoms with Gasteiger partial charge in [0.25, 0.3) is 10.0 Å². The molecule has 0 amide bonds. The second-order valence-electron chi connectivity index (χ2n) is 6.19. The third kappa shape index (κ3) is 3.30. The highest BCUT2D eigenvalue weighted by Crippen LogP contribution is 2.26. The Bertz CT molecular complexity index is 580. The Labute approximate surface area is 126 Å². The molecular formula is C14H24N4O2S. The zero-order valence-corrected chi connectivity index (χ0v) is 13.3. The summed E-state index contributed by atoms with van der Waals surface area (Å²) in [5, 5.41) is 10.3. The van der Waals surface area contributed by atoms with Crippen LogP contribution in [0, 0.1) is 0 Å². The van der Waals surface area contributed by atoms with Gasteiger partial charge in [-0.1, -0.05) is 12.8 Å². The van der Waals surface area contributed by atoms with Gasteiger partial charge in [0.1, 0.15) is 0 Å². The molecule has 21 heavy (non-hydrogen) atoms. The first kappa shape index (κ1) is 15.0. The van der Waals surface area contributed by atoms with Crippen molar-refractivity contribution < 1.29 is 8.42 Å². The van der Waals surface area contributed by atoms with Gasteiger partial charge in [-0.15, -0.1) is 0 Å². The SMILES string of the molecule is CC1CCCCCN1S(=O)(=O)c1[nH]ncc1CNC1CC1. The molecule has 1 atom stereocenters. The predicted molar refractivity (Wildman–Crippen MR) is 80.3 cm³/mol. The van der Waals surface area contributed by atoms with E-state index in [1.165, 1.54) is 12.8 Å². The highest BCUT2D eigenvalue weighted by Gasteiger charge is 2.33. The van der Waals surface area contributed by atoms with E-state index in [4.69, 9.17) is 0 Å². The maximum atomic E-state index is 12.9. The van der Waals surface area contributed by atoms with Gasteiger partial charge in [-0.25, -0.2) is 8.42 Å². The molecule has 1 saturated heterocycles. The van der Waals surface area contributed by atoms with Gasteiger partial charge in [-0.05, 0) is 32.6 Å². The zero-order chi connectivity index (χ0) is 14.9. The number of nitrogens with zero attached hydrogens (tertiary/aromatic N) is 2. The summed E-state index contributed by atoms with van der Waals surface area (Å²) in [5.74, 6) is 0. The Morgan fingerprint density at radius 1 is 1.33 bits per heavy atom. The van der Waals surface area contributed by atoms with E-state index in [1.54, 1.807) is 10.5 Å². The van der Waals surface area contributed by atoms with E-state index >= 15 is 0 Å². The molecular weight excluding hydrogens is 288 g/mol. The van der Waals surface area contributed by atoms with Crippen molar-refractivity contribution in [3.05, 3.63) is 11.8 Å². The minimum atomic E-state index is -3.47. The van der Waals surface area contributed by atoms with Crippen molar-refractivity contribution in [2.75, 3.05) is 6.54 Å². The van der Waals surface area contributed by atoms with Crippen LogP contribution >= 0.6 is 0 Å². The average molecular weight is 312 g/mol. The summed E-state index contributed by atoms with van der Waals surface area (Å²) in [6.07, 6.45) is 8.08. The molecule has 2 aliphatic rings. The van der Waals surface area contributed by atoms with Crippen LogP contribution in [0.3, 0.4) is 0 Å². The summed E-state index contributed by atoms with van der Waals surface area (Å²) in [6.45, 7) is 3.18. The first-order valence-electron chi connectivity index (χ1n) is 7.86. The molecule has 1 saturated carbocycles. The van der Waals surface area contributed by atoms with Crippen LogP contribution in [0.2, 0.25) is 0 Å². The van der Waals surface area contributed by atoms with Gasteiger partial charge in [-0.2, -0.15) is 9.40 Å². The van der Waals surface area contributed by atoms with Crippen molar-refractivity contribution in [1.82, 2.24) is 19.8 Å². The lowest BCUT2D eigenvalue weighted by Gasteiger charge is -2.25. The maximum Gasteiger partial charge on any atom is 0.260 e. The van der Waals surface area contributed by atoms with E-state index < -0.39 is 10.0 Å². The molecule has 3 rings (SSSR count). The van der Waals surface area contributed by atoms with Crippen LogP contribution in [0.1, 0.15) is 51.0 Å². The number of rotatable bonds is 5. The van der Waals surface area contributed by atoms with Crippen LogP contribution in [-0.2, 0) is 16.6 Å². The molecule has 1 aliphatic carbocycles. The van der Waals surface area contributed by atoms with Gasteiger partial charge in [0.2, 0.25) is 0 Å². The van der Waals surface area contributed by atoms with Gasteiger partial charge >= 0.3 is 0 Å². The second-order valence-corrected chi connectivity index (χ2v) is 8.02.